The van der Waals surface area contributed by atoms with Gasteiger partial charge in [0.05, 0.1) is 31.0 Å². The van der Waals surface area contributed by atoms with Gasteiger partial charge in [-0.1, -0.05) is 24.3 Å². The Kier molecular flexibility index (Phi) is 9.81. The smallest absolute Gasteiger partial charge is 0.191 e. The fourth-order valence-corrected chi connectivity index (χ4v) is 3.76. The van der Waals surface area contributed by atoms with Crippen LogP contribution in [0.2, 0.25) is 0 Å². The number of aliphatic imine (C=N–C) groups is 1. The largest absolute Gasteiger partial charge is 0.497 e. The summed E-state index contributed by atoms with van der Waals surface area (Å²) in [5.41, 5.74) is 3.35. The number of hydrogen-bond donors (Lipinski definition) is 2. The van der Waals surface area contributed by atoms with E-state index in [1.54, 1.807) is 13.4 Å². The average molecular weight is 573 g/mol. The zero-order chi connectivity index (χ0) is 22.9. The maximum absolute atomic E-state index is 5.43. The van der Waals surface area contributed by atoms with Crippen LogP contribution in [0.1, 0.15) is 23.6 Å². The number of halogens is 1. The third kappa shape index (κ3) is 6.99. The van der Waals surface area contributed by atoms with Gasteiger partial charge in [0, 0.05) is 26.1 Å². The topological polar surface area (TPSA) is 76.6 Å². The van der Waals surface area contributed by atoms with Crippen molar-refractivity contribution in [3.63, 3.8) is 0 Å². The van der Waals surface area contributed by atoms with Crippen molar-refractivity contribution in [3.05, 3.63) is 84.1 Å². The van der Waals surface area contributed by atoms with Gasteiger partial charge >= 0.3 is 0 Å². The maximum atomic E-state index is 5.43. The molecule has 0 unspecified atom stereocenters. The summed E-state index contributed by atoms with van der Waals surface area (Å²) in [6.07, 6.45) is 3.47. The lowest BCUT2D eigenvalue weighted by Gasteiger charge is -2.13. The molecule has 0 radical (unpaired) electrons. The van der Waals surface area contributed by atoms with Crippen LogP contribution in [-0.4, -0.2) is 35.7 Å². The van der Waals surface area contributed by atoms with Crippen molar-refractivity contribution in [2.24, 2.45) is 4.99 Å². The van der Waals surface area contributed by atoms with Crippen molar-refractivity contribution in [1.29, 1.82) is 0 Å². The van der Waals surface area contributed by atoms with Crippen LogP contribution in [0.4, 0.5) is 0 Å². The fourth-order valence-electron chi connectivity index (χ4n) is 3.76. The number of fused-ring (bicyclic) bond motifs is 1. The number of imidazole rings is 1. The van der Waals surface area contributed by atoms with Crippen LogP contribution in [0.25, 0.3) is 11.0 Å². The molecule has 4 rings (SSSR count). The van der Waals surface area contributed by atoms with Crippen molar-refractivity contribution >= 4 is 41.0 Å². The second-order valence-electron chi connectivity index (χ2n) is 7.85. The van der Waals surface area contributed by atoms with Gasteiger partial charge in [-0.05, 0) is 55.3 Å². The number of para-hydroxylation sites is 2. The lowest BCUT2D eigenvalue weighted by molar-refractivity contribution is 0.414. The van der Waals surface area contributed by atoms with Gasteiger partial charge in [-0.15, -0.1) is 24.0 Å². The number of methoxy groups -OCH3 is 1. The second-order valence-corrected chi connectivity index (χ2v) is 7.85. The normalized spacial score (nSPS) is 11.3. The minimum atomic E-state index is 0. The Hall–Kier alpha value is -3.01. The summed E-state index contributed by atoms with van der Waals surface area (Å²) in [4.78, 5) is 9.43. The zero-order valence-electron chi connectivity index (χ0n) is 19.7. The predicted molar refractivity (Wildman–Crippen MR) is 147 cm³/mol. The molecule has 0 fully saturated rings. The molecule has 8 heteroatoms. The Labute approximate surface area is 217 Å². The molecule has 34 heavy (non-hydrogen) atoms. The highest BCUT2D eigenvalue weighted by Crippen LogP contribution is 2.15. The molecule has 0 atom stereocenters. The third-order valence-electron chi connectivity index (χ3n) is 5.52. The molecule has 0 aliphatic heterocycles. The lowest BCUT2D eigenvalue weighted by Crippen LogP contribution is -2.39. The fraction of sp³-hybridized carbons (Fsp3) is 0.308. The van der Waals surface area contributed by atoms with Crippen molar-refractivity contribution in [1.82, 2.24) is 20.2 Å². The molecule has 0 spiro atoms. The molecular weight excluding hydrogens is 541 g/mol. The third-order valence-corrected chi connectivity index (χ3v) is 5.52. The Morgan fingerprint density at radius 2 is 1.82 bits per heavy atom. The second kappa shape index (κ2) is 13.0. The molecule has 0 saturated carbocycles. The standard InChI is InChI=1S/C26H31N5O2.HI/c1-20-30-24-8-3-4-9-25(24)31(20)17-6-15-27-26(28-16-14-23-7-5-18-33-23)29-19-21-10-12-22(32-2)13-11-21;/h3-5,7-13,18H,6,14-17,19H2,1-2H3,(H2,27,28,29);1H. The number of furan rings is 1. The van der Waals surface area contributed by atoms with Gasteiger partial charge in [0.25, 0.3) is 0 Å². The Morgan fingerprint density at radius 1 is 1.03 bits per heavy atom. The highest BCUT2D eigenvalue weighted by Gasteiger charge is 2.07. The molecule has 0 saturated heterocycles. The summed E-state index contributed by atoms with van der Waals surface area (Å²) in [5, 5.41) is 6.89. The van der Waals surface area contributed by atoms with Crippen LogP contribution in [-0.2, 0) is 19.5 Å². The average Bonchev–Trinajstić information content (AvgIpc) is 3.47. The highest BCUT2D eigenvalue weighted by atomic mass is 127. The number of aromatic nitrogens is 2. The quantitative estimate of drug-likeness (QED) is 0.122. The Morgan fingerprint density at radius 3 is 2.59 bits per heavy atom. The molecule has 0 bridgehead atoms. The minimum Gasteiger partial charge on any atom is -0.497 e. The monoisotopic (exact) mass is 573 g/mol. The van der Waals surface area contributed by atoms with E-state index < -0.39 is 0 Å². The van der Waals surface area contributed by atoms with Crippen molar-refractivity contribution in [2.75, 3.05) is 20.2 Å². The molecule has 7 nitrogen and oxygen atoms in total. The van der Waals surface area contributed by atoms with Gasteiger partial charge in [0.1, 0.15) is 17.3 Å². The van der Waals surface area contributed by atoms with Crippen molar-refractivity contribution < 1.29 is 9.15 Å². The molecular formula is C26H32IN5O2. The molecule has 2 aromatic heterocycles. The SMILES string of the molecule is COc1ccc(CN=C(NCCCn2c(C)nc3ccccc32)NCCc2ccco2)cc1.I. The van der Waals surface area contributed by atoms with Gasteiger partial charge in [-0.3, -0.25) is 0 Å². The molecule has 180 valence electrons. The first-order chi connectivity index (χ1) is 16.2. The van der Waals surface area contributed by atoms with Crippen LogP contribution < -0.4 is 15.4 Å². The first-order valence-corrected chi connectivity index (χ1v) is 11.3. The van der Waals surface area contributed by atoms with E-state index in [0.29, 0.717) is 6.54 Å². The zero-order valence-corrected chi connectivity index (χ0v) is 22.0. The minimum absolute atomic E-state index is 0. The van der Waals surface area contributed by atoms with Crippen molar-refractivity contribution in [2.45, 2.75) is 32.9 Å². The first-order valence-electron chi connectivity index (χ1n) is 11.3. The molecule has 0 amide bonds. The summed E-state index contributed by atoms with van der Waals surface area (Å²) >= 11 is 0. The number of hydrogen-bond acceptors (Lipinski definition) is 4. The number of aryl methyl sites for hydroxylation is 2. The van der Waals surface area contributed by atoms with E-state index in [-0.39, 0.29) is 24.0 Å². The molecule has 0 aliphatic carbocycles. The molecule has 4 aromatic rings. The van der Waals surface area contributed by atoms with E-state index >= 15 is 0 Å². The van der Waals surface area contributed by atoms with Crippen LogP contribution in [0.15, 0.2) is 76.3 Å². The number of nitrogens with one attached hydrogen (secondary N) is 2. The van der Waals surface area contributed by atoms with E-state index in [0.717, 1.165) is 66.8 Å². The number of benzene rings is 2. The van der Waals surface area contributed by atoms with E-state index in [1.165, 1.54) is 5.52 Å². The lowest BCUT2D eigenvalue weighted by atomic mass is 10.2. The van der Waals surface area contributed by atoms with Gasteiger partial charge in [0.2, 0.25) is 0 Å². The van der Waals surface area contributed by atoms with E-state index in [2.05, 4.69) is 45.3 Å². The van der Waals surface area contributed by atoms with E-state index in [4.69, 9.17) is 14.1 Å². The summed E-state index contributed by atoms with van der Waals surface area (Å²) in [7, 11) is 1.67. The van der Waals surface area contributed by atoms with E-state index in [9.17, 15) is 0 Å². The number of nitrogens with zero attached hydrogens (tertiary/aromatic N) is 3. The summed E-state index contributed by atoms with van der Waals surface area (Å²) in [5.74, 6) is 3.64. The van der Waals surface area contributed by atoms with Gasteiger partial charge in [-0.25, -0.2) is 9.98 Å². The Balaban J connectivity index is 0.00000324. The van der Waals surface area contributed by atoms with Crippen molar-refractivity contribution in [3.8, 4) is 5.75 Å². The first kappa shape index (κ1) is 25.6. The van der Waals surface area contributed by atoms with Crippen LogP contribution in [0.5, 0.6) is 5.75 Å². The van der Waals surface area contributed by atoms with E-state index in [1.807, 2.05) is 42.5 Å². The molecule has 2 N–H and O–H groups in total. The number of ether oxygens (including phenoxy) is 1. The predicted octanol–water partition coefficient (Wildman–Crippen LogP) is 4.93. The molecule has 0 aliphatic rings. The Bertz CT molecular complexity index is 1170. The number of rotatable bonds is 10. The summed E-state index contributed by atoms with van der Waals surface area (Å²) < 4.78 is 12.9. The van der Waals surface area contributed by atoms with Gasteiger partial charge in [-0.2, -0.15) is 0 Å². The van der Waals surface area contributed by atoms with Gasteiger partial charge in [0.15, 0.2) is 5.96 Å². The van der Waals surface area contributed by atoms with Crippen LogP contribution in [0, 0.1) is 6.92 Å². The van der Waals surface area contributed by atoms with Crippen LogP contribution >= 0.6 is 24.0 Å². The van der Waals surface area contributed by atoms with Gasteiger partial charge < -0.3 is 24.4 Å². The molecule has 2 aromatic carbocycles. The summed E-state index contributed by atoms with van der Waals surface area (Å²) in [6, 6.07) is 20.2. The maximum Gasteiger partial charge on any atom is 0.191 e. The number of guanidine groups is 1. The van der Waals surface area contributed by atoms with Crippen LogP contribution in [0.3, 0.4) is 0 Å². The summed E-state index contributed by atoms with van der Waals surface area (Å²) in [6.45, 7) is 5.10. The molecule has 2 heterocycles. The highest BCUT2D eigenvalue weighted by molar-refractivity contribution is 14.0.